The Morgan fingerprint density at radius 1 is 1.45 bits per heavy atom. The maximum atomic E-state index is 12.3. The van der Waals surface area contributed by atoms with Crippen molar-refractivity contribution in [3.8, 4) is 0 Å². The summed E-state index contributed by atoms with van der Waals surface area (Å²) in [6.45, 7) is 8.10. The van der Waals surface area contributed by atoms with Crippen molar-refractivity contribution in [1.29, 1.82) is 0 Å². The van der Waals surface area contributed by atoms with Gasteiger partial charge in [-0.2, -0.15) is 0 Å². The topological polar surface area (TPSA) is 102 Å². The number of carboxylic acids is 1. The number of carbonyl (C=O) groups is 2. The van der Waals surface area contributed by atoms with Crippen molar-refractivity contribution in [2.45, 2.75) is 64.6 Å². The highest BCUT2D eigenvalue weighted by Gasteiger charge is 2.63. The van der Waals surface area contributed by atoms with Crippen LogP contribution in [0.25, 0.3) is 0 Å². The molecule has 1 rings (SSSR count). The fraction of sp³-hybridized carbons (Fsp3) is 0.857. The largest absolute Gasteiger partial charge is 0.480 e. The third-order valence-electron chi connectivity index (χ3n) is 4.42. The Hall–Kier alpha value is -1.14. The second-order valence-corrected chi connectivity index (χ2v) is 5.99. The van der Waals surface area contributed by atoms with Crippen molar-refractivity contribution >= 4 is 11.9 Å². The van der Waals surface area contributed by atoms with Crippen LogP contribution in [0.5, 0.6) is 0 Å². The number of amides is 1. The molecule has 0 bridgehead atoms. The zero-order valence-electron chi connectivity index (χ0n) is 12.7. The first-order valence-corrected chi connectivity index (χ1v) is 7.15. The van der Waals surface area contributed by atoms with E-state index in [-0.39, 0.29) is 6.10 Å². The molecule has 1 saturated carbocycles. The fourth-order valence-corrected chi connectivity index (χ4v) is 2.65. The van der Waals surface area contributed by atoms with Crippen molar-refractivity contribution in [3.05, 3.63) is 0 Å². The van der Waals surface area contributed by atoms with Crippen molar-refractivity contribution < 1.29 is 19.4 Å². The minimum absolute atomic E-state index is 0.0716. The molecule has 1 fully saturated rings. The molecule has 1 aliphatic carbocycles. The molecule has 20 heavy (non-hydrogen) atoms. The highest BCUT2D eigenvalue weighted by atomic mass is 16.5. The van der Waals surface area contributed by atoms with E-state index < -0.39 is 28.9 Å². The molecule has 1 aliphatic rings. The molecule has 0 aromatic rings. The van der Waals surface area contributed by atoms with Crippen molar-refractivity contribution in [2.75, 3.05) is 6.61 Å². The number of nitrogens with two attached hydrogens (primary N) is 1. The van der Waals surface area contributed by atoms with Gasteiger partial charge in [0.05, 0.1) is 6.10 Å². The molecule has 116 valence electrons. The number of carboxylic acid groups (broad SMARTS) is 1. The Labute approximate surface area is 120 Å². The van der Waals surface area contributed by atoms with Crippen LogP contribution in [0.3, 0.4) is 0 Å². The molecule has 0 saturated heterocycles. The molecule has 3 atom stereocenters. The van der Waals surface area contributed by atoms with Crippen LogP contribution in [0.1, 0.15) is 47.0 Å². The van der Waals surface area contributed by atoms with E-state index in [9.17, 15) is 9.59 Å². The normalized spacial score (nSPS) is 29.4. The van der Waals surface area contributed by atoms with Crippen molar-refractivity contribution in [2.24, 2.45) is 11.1 Å². The van der Waals surface area contributed by atoms with Gasteiger partial charge in [0.1, 0.15) is 11.6 Å². The highest BCUT2D eigenvalue weighted by molar-refractivity contribution is 5.92. The molecular formula is C14H26N2O4. The minimum atomic E-state index is -1.08. The minimum Gasteiger partial charge on any atom is -0.480 e. The van der Waals surface area contributed by atoms with Gasteiger partial charge in [0.2, 0.25) is 5.91 Å². The molecule has 0 aromatic heterocycles. The smallest absolute Gasteiger partial charge is 0.326 e. The summed E-state index contributed by atoms with van der Waals surface area (Å²) >= 11 is 0. The van der Waals surface area contributed by atoms with E-state index in [4.69, 9.17) is 15.6 Å². The Balaban J connectivity index is 2.75. The lowest BCUT2D eigenvalue weighted by Gasteiger charge is -2.57. The second kappa shape index (κ2) is 6.10. The first kappa shape index (κ1) is 16.9. The van der Waals surface area contributed by atoms with E-state index in [1.165, 1.54) is 0 Å². The first-order chi connectivity index (χ1) is 9.20. The van der Waals surface area contributed by atoms with Crippen molar-refractivity contribution in [1.82, 2.24) is 5.32 Å². The monoisotopic (exact) mass is 286 g/mol. The maximum absolute atomic E-state index is 12.3. The SMILES string of the molecule is CCC[C@H](NC(=O)C1(N)CC(OCC)C1(C)C)C(=O)O. The molecular weight excluding hydrogens is 260 g/mol. The van der Waals surface area contributed by atoms with Gasteiger partial charge in [-0.05, 0) is 13.3 Å². The molecule has 0 spiro atoms. The third-order valence-corrected chi connectivity index (χ3v) is 4.42. The number of rotatable bonds is 7. The van der Waals surface area contributed by atoms with Crippen LogP contribution in [-0.2, 0) is 14.3 Å². The van der Waals surface area contributed by atoms with Crippen LogP contribution in [0.4, 0.5) is 0 Å². The Morgan fingerprint density at radius 2 is 2.05 bits per heavy atom. The van der Waals surface area contributed by atoms with Gasteiger partial charge in [-0.3, -0.25) is 4.79 Å². The lowest BCUT2D eigenvalue weighted by atomic mass is 9.54. The van der Waals surface area contributed by atoms with Crippen LogP contribution in [0.2, 0.25) is 0 Å². The second-order valence-electron chi connectivity index (χ2n) is 5.99. The summed E-state index contributed by atoms with van der Waals surface area (Å²) in [6.07, 6.45) is 1.42. The van der Waals surface area contributed by atoms with Gasteiger partial charge in [-0.1, -0.05) is 27.2 Å². The van der Waals surface area contributed by atoms with Gasteiger partial charge in [0.15, 0.2) is 0 Å². The maximum Gasteiger partial charge on any atom is 0.326 e. The summed E-state index contributed by atoms with van der Waals surface area (Å²) in [5, 5.41) is 11.7. The average molecular weight is 286 g/mol. The van der Waals surface area contributed by atoms with Gasteiger partial charge in [0.25, 0.3) is 0 Å². The van der Waals surface area contributed by atoms with E-state index in [0.717, 1.165) is 0 Å². The van der Waals surface area contributed by atoms with E-state index in [0.29, 0.717) is 25.9 Å². The summed E-state index contributed by atoms with van der Waals surface area (Å²) in [7, 11) is 0. The number of aliphatic carboxylic acids is 1. The molecule has 0 aromatic carbocycles. The zero-order valence-corrected chi connectivity index (χ0v) is 12.7. The van der Waals surface area contributed by atoms with Gasteiger partial charge in [-0.15, -0.1) is 0 Å². The van der Waals surface area contributed by atoms with E-state index >= 15 is 0 Å². The van der Waals surface area contributed by atoms with Crippen LogP contribution in [-0.4, -0.2) is 41.3 Å². The third kappa shape index (κ3) is 2.81. The molecule has 6 nitrogen and oxygen atoms in total. The number of hydrogen-bond acceptors (Lipinski definition) is 4. The van der Waals surface area contributed by atoms with Gasteiger partial charge < -0.3 is 20.9 Å². The standard InChI is InChI=1S/C14H26N2O4/c1-5-7-9(11(17)18)16-12(19)14(15)8-10(20-6-2)13(14,3)4/h9-10H,5-8,15H2,1-4H3,(H,16,19)(H,17,18)/t9-,10?,14?/m0/s1. The summed E-state index contributed by atoms with van der Waals surface area (Å²) in [4.78, 5) is 23.5. The lowest BCUT2D eigenvalue weighted by Crippen LogP contribution is -2.76. The van der Waals surface area contributed by atoms with E-state index in [1.54, 1.807) is 0 Å². The molecule has 4 N–H and O–H groups in total. The van der Waals surface area contributed by atoms with Gasteiger partial charge in [0, 0.05) is 18.4 Å². The molecule has 6 heteroatoms. The summed E-state index contributed by atoms with van der Waals surface area (Å²) in [6, 6.07) is -0.880. The predicted octanol–water partition coefficient (Wildman–Crippen LogP) is 0.888. The Bertz CT molecular complexity index is 383. The summed E-state index contributed by atoms with van der Waals surface area (Å²) in [5.74, 6) is -1.43. The van der Waals surface area contributed by atoms with Crippen LogP contribution < -0.4 is 11.1 Å². The van der Waals surface area contributed by atoms with Gasteiger partial charge >= 0.3 is 5.97 Å². The highest BCUT2D eigenvalue weighted by Crippen LogP contribution is 2.49. The number of carbonyl (C=O) groups excluding carboxylic acids is 1. The average Bonchev–Trinajstić information content (AvgIpc) is 2.37. The quantitative estimate of drug-likeness (QED) is 0.645. The molecule has 0 aliphatic heterocycles. The number of ether oxygens (including phenoxy) is 1. The van der Waals surface area contributed by atoms with Crippen molar-refractivity contribution in [3.63, 3.8) is 0 Å². The van der Waals surface area contributed by atoms with Gasteiger partial charge in [-0.25, -0.2) is 4.79 Å². The number of nitrogens with one attached hydrogen (secondary N) is 1. The lowest BCUT2D eigenvalue weighted by molar-refractivity contribution is -0.172. The molecule has 0 radical (unpaired) electrons. The fourth-order valence-electron chi connectivity index (χ4n) is 2.65. The van der Waals surface area contributed by atoms with Crippen LogP contribution in [0.15, 0.2) is 0 Å². The van der Waals surface area contributed by atoms with E-state index in [2.05, 4.69) is 5.32 Å². The van der Waals surface area contributed by atoms with E-state index in [1.807, 2.05) is 27.7 Å². The first-order valence-electron chi connectivity index (χ1n) is 7.15. The molecule has 1 amide bonds. The molecule has 2 unspecified atom stereocenters. The summed E-state index contributed by atoms with van der Waals surface area (Å²) in [5.41, 5.74) is 4.62. The number of hydrogen-bond donors (Lipinski definition) is 3. The zero-order chi connectivity index (χ0) is 15.6. The van der Waals surface area contributed by atoms with Crippen LogP contribution >= 0.6 is 0 Å². The molecule has 0 heterocycles. The Morgan fingerprint density at radius 3 is 2.45 bits per heavy atom. The predicted molar refractivity (Wildman–Crippen MR) is 75.2 cm³/mol. The summed E-state index contributed by atoms with van der Waals surface area (Å²) < 4.78 is 5.56. The Kier molecular flexibility index (Phi) is 5.15. The van der Waals surface area contributed by atoms with Crippen LogP contribution in [0, 0.1) is 5.41 Å².